The number of unbranched alkanes of at least 4 members (excludes halogenated alkanes) is 13. The topological polar surface area (TPSA) is 27.7 Å². The van der Waals surface area contributed by atoms with Crippen LogP contribution in [0.5, 0.6) is 0 Å². The van der Waals surface area contributed by atoms with Crippen LogP contribution in [-0.4, -0.2) is 0 Å². The molecule has 0 fully saturated rings. The Kier molecular flexibility index (Phi) is 19.3. The maximum Gasteiger partial charge on any atom is 0.171 e. The molecule has 0 atom stereocenters. The quantitative estimate of drug-likeness (QED) is 0.146. The first-order chi connectivity index (χ1) is 12.7. The van der Waals surface area contributed by atoms with E-state index in [4.69, 9.17) is 5.26 Å². The largest absolute Gasteiger partial charge is 0.696 e. The summed E-state index contributed by atoms with van der Waals surface area (Å²) in [5.74, 6) is 0. The molecule has 148 valence electrons. The summed E-state index contributed by atoms with van der Waals surface area (Å²) in [5.41, 5.74) is 1.36. The van der Waals surface area contributed by atoms with E-state index in [0.717, 1.165) is 0 Å². The Labute approximate surface area is 168 Å². The van der Waals surface area contributed by atoms with Crippen LogP contribution in [0.25, 0.3) is 0 Å². The number of hydrogen-bond acceptors (Lipinski definition) is 2. The van der Waals surface area contributed by atoms with Gasteiger partial charge in [-0.05, 0) is 19.4 Å². The van der Waals surface area contributed by atoms with Crippen LogP contribution in [0, 0.1) is 17.6 Å². The normalized spacial score (nSPS) is 10.0. The Bertz CT molecular complexity index is 454. The molecule has 0 amide bonds. The predicted octanol–water partition coefficient (Wildman–Crippen LogP) is 6.78. The summed E-state index contributed by atoms with van der Waals surface area (Å²) < 4.78 is 2.33. The van der Waals surface area contributed by atoms with Gasteiger partial charge in [0.2, 0.25) is 0 Å². The van der Waals surface area contributed by atoms with E-state index in [1.807, 2.05) is 0 Å². The third-order valence-corrected chi connectivity index (χ3v) is 4.78. The molecular weight excluding hydrogens is 336 g/mol. The van der Waals surface area contributed by atoms with Crippen LogP contribution in [0.15, 0.2) is 24.5 Å². The first kappa shape index (κ1) is 24.9. The average Bonchev–Trinajstić information content (AvgIpc) is 2.63. The first-order valence-electron chi connectivity index (χ1n) is 10.7. The minimum absolute atomic E-state index is 1.18. The zero-order chi connectivity index (χ0) is 19.3. The monoisotopic (exact) mass is 376 g/mol. The SMILES string of the molecule is CCCCCCCCCCCCCCCC[n+]1cccc(C)c1.N#C[S-]. The summed E-state index contributed by atoms with van der Waals surface area (Å²) in [5, 5.41) is 8.47. The Morgan fingerprint density at radius 2 is 1.27 bits per heavy atom. The molecule has 0 aromatic carbocycles. The van der Waals surface area contributed by atoms with Gasteiger partial charge in [-0.25, -0.2) is 9.83 Å². The van der Waals surface area contributed by atoms with Crippen molar-refractivity contribution in [2.75, 3.05) is 0 Å². The number of rotatable bonds is 15. The molecule has 26 heavy (non-hydrogen) atoms. The molecule has 0 aliphatic heterocycles. The molecule has 0 unspecified atom stereocenters. The van der Waals surface area contributed by atoms with Crippen molar-refractivity contribution in [3.8, 4) is 5.40 Å². The molecule has 2 nitrogen and oxygen atoms in total. The number of thiocyanates is 1. The van der Waals surface area contributed by atoms with E-state index in [2.05, 4.69) is 55.6 Å². The van der Waals surface area contributed by atoms with Gasteiger partial charge in [-0.1, -0.05) is 89.4 Å². The van der Waals surface area contributed by atoms with Crippen LogP contribution in [0.3, 0.4) is 0 Å². The molecular formula is C23H40N2S. The van der Waals surface area contributed by atoms with Crippen molar-refractivity contribution in [1.29, 1.82) is 5.26 Å². The fraction of sp³-hybridized carbons (Fsp3) is 0.739. The minimum Gasteiger partial charge on any atom is -0.696 e. The van der Waals surface area contributed by atoms with Crippen LogP contribution in [0.1, 0.15) is 102 Å². The molecule has 1 aromatic heterocycles. The second kappa shape index (κ2) is 20.2. The second-order valence-corrected chi connectivity index (χ2v) is 7.49. The van der Waals surface area contributed by atoms with E-state index in [1.54, 1.807) is 0 Å². The molecule has 0 saturated heterocycles. The number of nitriles is 1. The zero-order valence-corrected chi connectivity index (χ0v) is 18.0. The van der Waals surface area contributed by atoms with Gasteiger partial charge >= 0.3 is 0 Å². The summed E-state index contributed by atoms with van der Waals surface area (Å²) in [6, 6.07) is 4.32. The van der Waals surface area contributed by atoms with Crippen molar-refractivity contribution in [3.63, 3.8) is 0 Å². The van der Waals surface area contributed by atoms with E-state index in [0.29, 0.717) is 0 Å². The van der Waals surface area contributed by atoms with Crippen LogP contribution in [0.4, 0.5) is 0 Å². The van der Waals surface area contributed by atoms with Gasteiger partial charge in [-0.3, -0.25) is 0 Å². The van der Waals surface area contributed by atoms with Crippen molar-refractivity contribution >= 4 is 12.6 Å². The molecule has 1 aromatic rings. The molecule has 0 saturated carbocycles. The van der Waals surface area contributed by atoms with Crippen molar-refractivity contribution in [1.82, 2.24) is 0 Å². The van der Waals surface area contributed by atoms with E-state index in [1.165, 1.54) is 107 Å². The van der Waals surface area contributed by atoms with Crippen molar-refractivity contribution < 1.29 is 4.57 Å². The third-order valence-electron chi connectivity index (χ3n) is 4.78. The molecule has 1 heterocycles. The van der Waals surface area contributed by atoms with Gasteiger partial charge < -0.3 is 12.6 Å². The maximum atomic E-state index is 7.13. The molecule has 0 radical (unpaired) electrons. The number of nitrogens with zero attached hydrogens (tertiary/aromatic N) is 2. The highest BCUT2D eigenvalue weighted by atomic mass is 32.1. The van der Waals surface area contributed by atoms with Gasteiger partial charge in [0.15, 0.2) is 12.4 Å². The lowest BCUT2D eigenvalue weighted by molar-refractivity contribution is -0.697. The lowest BCUT2D eigenvalue weighted by atomic mass is 10.0. The highest BCUT2D eigenvalue weighted by Gasteiger charge is 2.00. The summed E-state index contributed by atoms with van der Waals surface area (Å²) in [7, 11) is 0. The summed E-state index contributed by atoms with van der Waals surface area (Å²) in [6.07, 6.45) is 24.5. The maximum absolute atomic E-state index is 7.13. The first-order valence-corrected chi connectivity index (χ1v) is 11.1. The van der Waals surface area contributed by atoms with Gasteiger partial charge in [-0.2, -0.15) is 0 Å². The highest BCUT2D eigenvalue weighted by Crippen LogP contribution is 2.12. The van der Waals surface area contributed by atoms with Gasteiger partial charge in [0.05, 0.1) is 0 Å². The Morgan fingerprint density at radius 3 is 1.69 bits per heavy atom. The number of aromatic nitrogens is 1. The highest BCUT2D eigenvalue weighted by molar-refractivity contribution is 7.64. The van der Waals surface area contributed by atoms with Crippen LogP contribution < -0.4 is 4.57 Å². The third kappa shape index (κ3) is 17.7. The fourth-order valence-corrected chi connectivity index (χ4v) is 3.28. The van der Waals surface area contributed by atoms with E-state index < -0.39 is 0 Å². The van der Waals surface area contributed by atoms with Crippen LogP contribution in [0.2, 0.25) is 0 Å². The predicted molar refractivity (Wildman–Crippen MR) is 115 cm³/mol. The molecule has 0 aliphatic rings. The molecule has 0 bridgehead atoms. The summed E-state index contributed by atoms with van der Waals surface area (Å²) in [4.78, 5) is 0. The van der Waals surface area contributed by atoms with E-state index in [9.17, 15) is 0 Å². The Morgan fingerprint density at radius 1 is 0.846 bits per heavy atom. The molecule has 0 aliphatic carbocycles. The minimum atomic E-state index is 1.18. The summed E-state index contributed by atoms with van der Waals surface area (Å²) >= 11 is 3.70. The van der Waals surface area contributed by atoms with Crippen LogP contribution >= 0.6 is 0 Å². The molecule has 0 spiro atoms. The Hall–Kier alpha value is -1.14. The average molecular weight is 377 g/mol. The molecule has 1 rings (SSSR count). The molecule has 0 N–H and O–H groups in total. The fourth-order valence-electron chi connectivity index (χ4n) is 3.28. The van der Waals surface area contributed by atoms with Crippen molar-refractivity contribution in [3.05, 3.63) is 30.1 Å². The number of aryl methyl sites for hydroxylation is 2. The van der Waals surface area contributed by atoms with Crippen LogP contribution in [-0.2, 0) is 19.2 Å². The van der Waals surface area contributed by atoms with Gasteiger partial charge in [-0.15, -0.1) is 0 Å². The lowest BCUT2D eigenvalue weighted by Gasteiger charge is -2.03. The second-order valence-electron chi connectivity index (χ2n) is 7.31. The van der Waals surface area contributed by atoms with Crippen molar-refractivity contribution in [2.24, 2.45) is 0 Å². The van der Waals surface area contributed by atoms with Gasteiger partial charge in [0.25, 0.3) is 0 Å². The number of hydrogen-bond donors (Lipinski definition) is 0. The zero-order valence-electron chi connectivity index (χ0n) is 17.2. The van der Waals surface area contributed by atoms with Gasteiger partial charge in [0.1, 0.15) is 6.54 Å². The Balaban J connectivity index is 0.00000194. The smallest absolute Gasteiger partial charge is 0.171 e. The van der Waals surface area contributed by atoms with E-state index in [-0.39, 0.29) is 0 Å². The lowest BCUT2D eigenvalue weighted by Crippen LogP contribution is -2.32. The number of pyridine rings is 1. The van der Waals surface area contributed by atoms with E-state index >= 15 is 0 Å². The van der Waals surface area contributed by atoms with Gasteiger partial charge in [0, 0.05) is 18.1 Å². The standard InChI is InChI=1S/C22H40N.CHNS/c1-3-4-5-6-7-8-9-10-11-12-13-14-15-16-19-23-20-17-18-22(2)21-23;2-1-3/h17-18,20-21H,3-16,19H2,1-2H3;3H/q+1;/p-1. The van der Waals surface area contributed by atoms with Crippen molar-refractivity contribution in [2.45, 2.75) is 110 Å². The summed E-state index contributed by atoms with van der Waals surface area (Å²) in [6.45, 7) is 5.64. The molecule has 3 heteroatoms.